The highest BCUT2D eigenvalue weighted by molar-refractivity contribution is 5.32. The summed E-state index contributed by atoms with van der Waals surface area (Å²) in [5, 5.41) is 3.56. The fourth-order valence-electron chi connectivity index (χ4n) is 3.53. The van der Waals surface area contributed by atoms with Crippen LogP contribution in [0.5, 0.6) is 0 Å². The fourth-order valence-corrected chi connectivity index (χ4v) is 3.53. The molecule has 0 spiro atoms. The molecule has 0 amide bonds. The van der Waals surface area contributed by atoms with Gasteiger partial charge in [0.2, 0.25) is 0 Å². The Morgan fingerprint density at radius 1 is 1.25 bits per heavy atom. The predicted octanol–water partition coefficient (Wildman–Crippen LogP) is 1.90. The summed E-state index contributed by atoms with van der Waals surface area (Å²) in [5.41, 5.74) is 3.04. The Kier molecular flexibility index (Phi) is 4.71. The van der Waals surface area contributed by atoms with Crippen LogP contribution in [0.15, 0.2) is 24.3 Å². The number of hydrogen-bond acceptors (Lipinski definition) is 3. The van der Waals surface area contributed by atoms with Crippen LogP contribution in [0.4, 0.5) is 0 Å². The van der Waals surface area contributed by atoms with Crippen LogP contribution in [0.25, 0.3) is 0 Å². The van der Waals surface area contributed by atoms with Crippen molar-refractivity contribution < 1.29 is 0 Å². The molecular formula is C17H27N3. The lowest BCUT2D eigenvalue weighted by Crippen LogP contribution is -2.38. The van der Waals surface area contributed by atoms with Gasteiger partial charge in [-0.3, -0.25) is 0 Å². The fraction of sp³-hybridized carbons (Fsp3) is 0.647. The van der Waals surface area contributed by atoms with Crippen molar-refractivity contribution in [2.75, 3.05) is 46.3 Å². The summed E-state index contributed by atoms with van der Waals surface area (Å²) in [5.74, 6) is 0.642. The lowest BCUT2D eigenvalue weighted by atomic mass is 9.90. The molecule has 0 bridgehead atoms. The van der Waals surface area contributed by atoms with E-state index >= 15 is 0 Å². The first-order valence-corrected chi connectivity index (χ1v) is 8.02. The van der Waals surface area contributed by atoms with E-state index in [-0.39, 0.29) is 0 Å². The van der Waals surface area contributed by atoms with E-state index in [1.807, 2.05) is 0 Å². The molecule has 0 aliphatic carbocycles. The molecule has 2 aliphatic rings. The highest BCUT2D eigenvalue weighted by Crippen LogP contribution is 2.24. The molecule has 1 fully saturated rings. The lowest BCUT2D eigenvalue weighted by molar-refractivity contribution is 0.243. The van der Waals surface area contributed by atoms with Gasteiger partial charge in [-0.05, 0) is 44.1 Å². The van der Waals surface area contributed by atoms with Crippen LogP contribution in [-0.2, 0) is 6.54 Å². The maximum atomic E-state index is 3.56. The van der Waals surface area contributed by atoms with Crippen molar-refractivity contribution >= 4 is 0 Å². The summed E-state index contributed by atoms with van der Waals surface area (Å²) < 4.78 is 0. The largest absolute Gasteiger partial charge is 0.312 e. The summed E-state index contributed by atoms with van der Waals surface area (Å²) in [7, 11) is 2.27. The first-order valence-electron chi connectivity index (χ1n) is 8.02. The summed E-state index contributed by atoms with van der Waals surface area (Å²) >= 11 is 0. The van der Waals surface area contributed by atoms with Crippen molar-refractivity contribution in [2.24, 2.45) is 0 Å². The zero-order chi connectivity index (χ0) is 13.8. The van der Waals surface area contributed by atoms with Crippen molar-refractivity contribution in [2.45, 2.75) is 25.3 Å². The standard InChI is InChI=1S/C17H27N3/c1-19(10-11-20-8-4-5-9-20)14-16-13-18-12-15-6-2-3-7-17(15)16/h2-3,6-7,16,18H,4-5,8-14H2,1H3. The molecule has 0 aromatic heterocycles. The first kappa shape index (κ1) is 14.1. The molecule has 3 heteroatoms. The monoisotopic (exact) mass is 273 g/mol. The van der Waals surface area contributed by atoms with Gasteiger partial charge in [0.25, 0.3) is 0 Å². The molecule has 1 aromatic rings. The zero-order valence-corrected chi connectivity index (χ0v) is 12.6. The molecule has 1 atom stereocenters. The van der Waals surface area contributed by atoms with Crippen LogP contribution < -0.4 is 5.32 Å². The van der Waals surface area contributed by atoms with Crippen LogP contribution >= 0.6 is 0 Å². The van der Waals surface area contributed by atoms with E-state index < -0.39 is 0 Å². The van der Waals surface area contributed by atoms with Crippen LogP contribution in [-0.4, -0.2) is 56.1 Å². The van der Waals surface area contributed by atoms with E-state index in [1.165, 1.54) is 44.6 Å². The molecule has 2 heterocycles. The van der Waals surface area contributed by atoms with Gasteiger partial charge in [-0.25, -0.2) is 0 Å². The van der Waals surface area contributed by atoms with Gasteiger partial charge in [-0.1, -0.05) is 24.3 Å². The van der Waals surface area contributed by atoms with Crippen molar-refractivity contribution in [3.05, 3.63) is 35.4 Å². The highest BCUT2D eigenvalue weighted by Gasteiger charge is 2.21. The van der Waals surface area contributed by atoms with Crippen LogP contribution in [0.3, 0.4) is 0 Å². The molecule has 1 unspecified atom stereocenters. The molecular weight excluding hydrogens is 246 g/mol. The number of nitrogens with zero attached hydrogens (tertiary/aromatic N) is 2. The summed E-state index contributed by atoms with van der Waals surface area (Å²) in [4.78, 5) is 5.11. The Morgan fingerprint density at radius 2 is 2.05 bits per heavy atom. The normalized spacial score (nSPS) is 23.2. The number of rotatable bonds is 5. The van der Waals surface area contributed by atoms with E-state index in [4.69, 9.17) is 0 Å². The van der Waals surface area contributed by atoms with Gasteiger partial charge in [-0.15, -0.1) is 0 Å². The van der Waals surface area contributed by atoms with Crippen LogP contribution in [0.2, 0.25) is 0 Å². The predicted molar refractivity (Wildman–Crippen MR) is 84.1 cm³/mol. The average Bonchev–Trinajstić information content (AvgIpc) is 2.99. The maximum Gasteiger partial charge on any atom is 0.0208 e. The smallest absolute Gasteiger partial charge is 0.0208 e. The van der Waals surface area contributed by atoms with Gasteiger partial charge in [0.15, 0.2) is 0 Å². The average molecular weight is 273 g/mol. The van der Waals surface area contributed by atoms with Crippen molar-refractivity contribution in [3.8, 4) is 0 Å². The Balaban J connectivity index is 1.52. The second kappa shape index (κ2) is 6.70. The lowest BCUT2D eigenvalue weighted by Gasteiger charge is -2.30. The number of likely N-dealkylation sites (N-methyl/N-ethyl adjacent to an activating group) is 1. The quantitative estimate of drug-likeness (QED) is 0.884. The molecule has 0 saturated carbocycles. The second-order valence-electron chi connectivity index (χ2n) is 6.34. The molecule has 110 valence electrons. The number of fused-ring (bicyclic) bond motifs is 1. The Labute approximate surface area is 123 Å². The summed E-state index contributed by atoms with van der Waals surface area (Å²) in [6, 6.07) is 8.91. The van der Waals surface area contributed by atoms with Gasteiger partial charge >= 0.3 is 0 Å². The van der Waals surface area contributed by atoms with Crippen molar-refractivity contribution in [1.82, 2.24) is 15.1 Å². The molecule has 3 nitrogen and oxygen atoms in total. The zero-order valence-electron chi connectivity index (χ0n) is 12.6. The van der Waals surface area contributed by atoms with Crippen LogP contribution in [0.1, 0.15) is 29.9 Å². The van der Waals surface area contributed by atoms with E-state index in [9.17, 15) is 0 Å². The summed E-state index contributed by atoms with van der Waals surface area (Å²) in [6.07, 6.45) is 2.78. The van der Waals surface area contributed by atoms with E-state index in [1.54, 1.807) is 5.56 Å². The maximum absolute atomic E-state index is 3.56. The topological polar surface area (TPSA) is 18.5 Å². The summed E-state index contributed by atoms with van der Waals surface area (Å²) in [6.45, 7) is 8.35. The Morgan fingerprint density at radius 3 is 2.90 bits per heavy atom. The van der Waals surface area contributed by atoms with E-state index in [2.05, 4.69) is 46.4 Å². The molecule has 2 aliphatic heterocycles. The van der Waals surface area contributed by atoms with Gasteiger partial charge < -0.3 is 15.1 Å². The number of nitrogens with one attached hydrogen (secondary N) is 1. The molecule has 1 saturated heterocycles. The van der Waals surface area contributed by atoms with Gasteiger partial charge in [0, 0.05) is 38.6 Å². The molecule has 0 radical (unpaired) electrons. The molecule has 20 heavy (non-hydrogen) atoms. The number of benzene rings is 1. The van der Waals surface area contributed by atoms with Gasteiger partial charge in [0.1, 0.15) is 0 Å². The number of hydrogen-bond donors (Lipinski definition) is 1. The number of likely N-dealkylation sites (tertiary alicyclic amines) is 1. The highest BCUT2D eigenvalue weighted by atomic mass is 15.2. The molecule has 3 rings (SSSR count). The first-order chi connectivity index (χ1) is 9.83. The van der Waals surface area contributed by atoms with E-state index in [0.717, 1.165) is 19.6 Å². The van der Waals surface area contributed by atoms with Crippen molar-refractivity contribution in [3.63, 3.8) is 0 Å². The Bertz CT molecular complexity index is 426. The van der Waals surface area contributed by atoms with Crippen LogP contribution in [0, 0.1) is 0 Å². The Hall–Kier alpha value is -0.900. The third kappa shape index (κ3) is 3.40. The second-order valence-corrected chi connectivity index (χ2v) is 6.34. The minimum atomic E-state index is 0.642. The van der Waals surface area contributed by atoms with Gasteiger partial charge in [-0.2, -0.15) is 0 Å². The minimum absolute atomic E-state index is 0.642. The third-order valence-corrected chi connectivity index (χ3v) is 4.73. The molecule has 1 aromatic carbocycles. The van der Waals surface area contributed by atoms with E-state index in [0.29, 0.717) is 5.92 Å². The SMILES string of the molecule is CN(CCN1CCCC1)CC1CNCc2ccccc21. The minimum Gasteiger partial charge on any atom is -0.312 e. The van der Waals surface area contributed by atoms with Crippen molar-refractivity contribution in [1.29, 1.82) is 0 Å². The van der Waals surface area contributed by atoms with Gasteiger partial charge in [0.05, 0.1) is 0 Å². The third-order valence-electron chi connectivity index (χ3n) is 4.73. The molecule has 1 N–H and O–H groups in total.